The van der Waals surface area contributed by atoms with Gasteiger partial charge in [0.25, 0.3) is 0 Å². The Morgan fingerprint density at radius 1 is 1.08 bits per heavy atom. The maximum absolute atomic E-state index is 9.59. The Morgan fingerprint density at radius 3 is 2.54 bits per heavy atom. The first-order chi connectivity index (χ1) is 12.7. The molecule has 4 aromatic rings. The van der Waals surface area contributed by atoms with E-state index in [0.717, 1.165) is 27.9 Å². The number of rotatable bonds is 5. The predicted molar refractivity (Wildman–Crippen MR) is 97.1 cm³/mol. The number of aryl methyl sites for hydroxylation is 1. The van der Waals surface area contributed by atoms with Crippen molar-refractivity contribution >= 4 is 11.8 Å². The van der Waals surface area contributed by atoms with Crippen molar-refractivity contribution in [1.82, 2.24) is 24.9 Å². The summed E-state index contributed by atoms with van der Waals surface area (Å²) >= 11 is 1.52. The SMILES string of the molecule is Cc1cc(CSc2nnc(-c3ccncc3)n2-c2ccc(O)cc2)no1. The number of nitrogens with zero attached hydrogens (tertiary/aromatic N) is 5. The average molecular weight is 365 g/mol. The van der Waals surface area contributed by atoms with Crippen LogP contribution in [-0.4, -0.2) is 30.0 Å². The Hall–Kier alpha value is -3.13. The summed E-state index contributed by atoms with van der Waals surface area (Å²) in [5.74, 6) is 2.30. The third kappa shape index (κ3) is 3.31. The molecule has 0 saturated heterocycles. The van der Waals surface area contributed by atoms with Gasteiger partial charge in [0.1, 0.15) is 11.5 Å². The molecule has 0 amide bonds. The van der Waals surface area contributed by atoms with Gasteiger partial charge in [-0.1, -0.05) is 16.9 Å². The normalized spacial score (nSPS) is 11.0. The summed E-state index contributed by atoms with van der Waals surface area (Å²) < 4.78 is 7.07. The lowest BCUT2D eigenvalue weighted by atomic mass is 10.2. The van der Waals surface area contributed by atoms with Crippen molar-refractivity contribution in [3.05, 3.63) is 66.3 Å². The second-order valence-corrected chi connectivity index (χ2v) is 6.55. The van der Waals surface area contributed by atoms with E-state index in [1.807, 2.05) is 41.8 Å². The van der Waals surface area contributed by atoms with Crippen LogP contribution in [0.1, 0.15) is 11.5 Å². The van der Waals surface area contributed by atoms with Gasteiger partial charge in [0.2, 0.25) is 0 Å². The first kappa shape index (κ1) is 16.3. The van der Waals surface area contributed by atoms with Crippen molar-refractivity contribution in [2.45, 2.75) is 17.8 Å². The second kappa shape index (κ2) is 7.01. The van der Waals surface area contributed by atoms with E-state index in [9.17, 15) is 5.11 Å². The lowest BCUT2D eigenvalue weighted by Gasteiger charge is -2.10. The Morgan fingerprint density at radius 2 is 1.85 bits per heavy atom. The molecule has 7 nitrogen and oxygen atoms in total. The lowest BCUT2D eigenvalue weighted by Crippen LogP contribution is -1.99. The summed E-state index contributed by atoms with van der Waals surface area (Å²) in [7, 11) is 0. The number of phenolic OH excluding ortho intramolecular Hbond substituents is 1. The average Bonchev–Trinajstić information content (AvgIpc) is 3.27. The van der Waals surface area contributed by atoms with Crippen LogP contribution in [0, 0.1) is 6.92 Å². The molecule has 1 aromatic carbocycles. The molecule has 3 aromatic heterocycles. The Balaban J connectivity index is 1.73. The van der Waals surface area contributed by atoms with Crippen LogP contribution in [0.2, 0.25) is 0 Å². The van der Waals surface area contributed by atoms with E-state index in [4.69, 9.17) is 4.52 Å². The maximum atomic E-state index is 9.59. The van der Waals surface area contributed by atoms with Crippen LogP contribution in [0.3, 0.4) is 0 Å². The minimum absolute atomic E-state index is 0.208. The molecule has 0 radical (unpaired) electrons. The van der Waals surface area contributed by atoms with Crippen LogP contribution in [0.15, 0.2) is 64.5 Å². The molecule has 130 valence electrons. The highest BCUT2D eigenvalue weighted by molar-refractivity contribution is 7.98. The fourth-order valence-corrected chi connectivity index (χ4v) is 3.34. The molecule has 0 aliphatic rings. The highest BCUT2D eigenvalue weighted by Gasteiger charge is 2.17. The van der Waals surface area contributed by atoms with Crippen LogP contribution in [0.5, 0.6) is 5.75 Å². The van der Waals surface area contributed by atoms with Gasteiger partial charge in [-0.05, 0) is 43.3 Å². The zero-order valence-corrected chi connectivity index (χ0v) is 14.7. The summed E-state index contributed by atoms with van der Waals surface area (Å²) in [5, 5.41) is 23.0. The van der Waals surface area contributed by atoms with Gasteiger partial charge < -0.3 is 9.63 Å². The molecule has 4 rings (SSSR count). The number of hydrogen-bond donors (Lipinski definition) is 1. The van der Waals surface area contributed by atoms with E-state index in [1.54, 1.807) is 24.5 Å². The lowest BCUT2D eigenvalue weighted by molar-refractivity contribution is 0.393. The summed E-state index contributed by atoms with van der Waals surface area (Å²) in [4.78, 5) is 4.06. The third-order valence-electron chi connectivity index (χ3n) is 3.71. The number of thioether (sulfide) groups is 1. The molecule has 3 heterocycles. The van der Waals surface area contributed by atoms with Crippen LogP contribution in [-0.2, 0) is 5.75 Å². The molecule has 8 heteroatoms. The van der Waals surface area contributed by atoms with Gasteiger partial charge in [0.05, 0.1) is 5.69 Å². The summed E-state index contributed by atoms with van der Waals surface area (Å²) in [5.41, 5.74) is 2.61. The fourth-order valence-electron chi connectivity index (χ4n) is 2.51. The van der Waals surface area contributed by atoms with Gasteiger partial charge in [-0.3, -0.25) is 9.55 Å². The molecule has 0 aliphatic heterocycles. The highest BCUT2D eigenvalue weighted by Crippen LogP contribution is 2.30. The monoisotopic (exact) mass is 365 g/mol. The van der Waals surface area contributed by atoms with Crippen molar-refractivity contribution < 1.29 is 9.63 Å². The van der Waals surface area contributed by atoms with E-state index < -0.39 is 0 Å². The first-order valence-electron chi connectivity index (χ1n) is 7.91. The van der Waals surface area contributed by atoms with Crippen LogP contribution >= 0.6 is 11.8 Å². The zero-order valence-electron chi connectivity index (χ0n) is 13.9. The number of aromatic nitrogens is 5. The second-order valence-electron chi connectivity index (χ2n) is 5.61. The van der Waals surface area contributed by atoms with Crippen LogP contribution in [0.25, 0.3) is 17.1 Å². The topological polar surface area (TPSA) is 89.9 Å². The molecule has 26 heavy (non-hydrogen) atoms. The van der Waals surface area contributed by atoms with Crippen molar-refractivity contribution in [3.63, 3.8) is 0 Å². The molecule has 0 bridgehead atoms. The Bertz CT molecular complexity index is 1010. The van der Waals surface area contributed by atoms with Crippen molar-refractivity contribution in [1.29, 1.82) is 0 Å². The third-order valence-corrected chi connectivity index (χ3v) is 4.67. The van der Waals surface area contributed by atoms with E-state index >= 15 is 0 Å². The minimum atomic E-state index is 0.208. The van der Waals surface area contributed by atoms with Crippen molar-refractivity contribution in [3.8, 4) is 22.8 Å². The van der Waals surface area contributed by atoms with Gasteiger partial charge in [-0.2, -0.15) is 0 Å². The summed E-state index contributed by atoms with van der Waals surface area (Å²) in [6.07, 6.45) is 3.44. The number of pyridine rings is 1. The van der Waals surface area contributed by atoms with Gasteiger partial charge in [-0.25, -0.2) is 0 Å². The number of aromatic hydroxyl groups is 1. The van der Waals surface area contributed by atoms with E-state index in [2.05, 4.69) is 20.3 Å². The Labute approximate surface area is 153 Å². The number of phenols is 1. The first-order valence-corrected chi connectivity index (χ1v) is 8.89. The molecule has 0 fully saturated rings. The zero-order chi connectivity index (χ0) is 17.9. The van der Waals surface area contributed by atoms with Gasteiger partial charge in [0.15, 0.2) is 11.0 Å². The van der Waals surface area contributed by atoms with Gasteiger partial charge in [0, 0.05) is 35.5 Å². The molecule has 0 spiro atoms. The molecule has 0 aliphatic carbocycles. The van der Waals surface area contributed by atoms with Gasteiger partial charge in [-0.15, -0.1) is 10.2 Å². The van der Waals surface area contributed by atoms with E-state index in [0.29, 0.717) is 11.6 Å². The highest BCUT2D eigenvalue weighted by atomic mass is 32.2. The molecule has 1 N–H and O–H groups in total. The van der Waals surface area contributed by atoms with Crippen LogP contribution in [0.4, 0.5) is 0 Å². The van der Waals surface area contributed by atoms with Crippen molar-refractivity contribution in [2.24, 2.45) is 0 Å². The maximum Gasteiger partial charge on any atom is 0.196 e. The standard InChI is InChI=1S/C18H15N5O2S/c1-12-10-14(22-25-12)11-26-18-21-20-17(13-6-8-19-9-7-13)23(18)15-2-4-16(24)5-3-15/h2-10,24H,11H2,1H3. The number of hydrogen-bond acceptors (Lipinski definition) is 7. The van der Waals surface area contributed by atoms with E-state index in [-0.39, 0.29) is 5.75 Å². The molecule has 0 unspecified atom stereocenters. The minimum Gasteiger partial charge on any atom is -0.508 e. The fraction of sp³-hybridized carbons (Fsp3) is 0.111. The Kier molecular flexibility index (Phi) is 4.40. The quantitative estimate of drug-likeness (QED) is 0.540. The molecule has 0 saturated carbocycles. The predicted octanol–water partition coefficient (Wildman–Crippen LogP) is 3.62. The smallest absolute Gasteiger partial charge is 0.196 e. The van der Waals surface area contributed by atoms with Crippen LogP contribution < -0.4 is 0 Å². The number of benzene rings is 1. The van der Waals surface area contributed by atoms with Gasteiger partial charge >= 0.3 is 0 Å². The van der Waals surface area contributed by atoms with Crippen molar-refractivity contribution in [2.75, 3.05) is 0 Å². The molecule has 0 atom stereocenters. The van der Waals surface area contributed by atoms with E-state index in [1.165, 1.54) is 11.8 Å². The summed E-state index contributed by atoms with van der Waals surface area (Å²) in [6, 6.07) is 12.6. The molecular weight excluding hydrogens is 350 g/mol. The summed E-state index contributed by atoms with van der Waals surface area (Å²) in [6.45, 7) is 1.86. The molecular formula is C18H15N5O2S. The largest absolute Gasteiger partial charge is 0.508 e.